The molecule has 0 spiro atoms. The molecule has 0 fully saturated rings. The van der Waals surface area contributed by atoms with Gasteiger partial charge in [-0.05, 0) is 36.8 Å². The van der Waals surface area contributed by atoms with Crippen LogP contribution in [0.1, 0.15) is 31.8 Å². The van der Waals surface area contributed by atoms with Gasteiger partial charge in [0, 0.05) is 19.2 Å². The molecule has 0 heterocycles. The Hall–Kier alpha value is -2.62. The Kier molecular flexibility index (Phi) is 4.38. The molecule has 0 radical (unpaired) electrons. The first-order valence-corrected chi connectivity index (χ1v) is 6.62. The van der Waals surface area contributed by atoms with Crippen LogP contribution in [0.4, 0.5) is 0 Å². The van der Waals surface area contributed by atoms with E-state index in [1.165, 1.54) is 29.8 Å². The standard InChI is InChI=1S/C17H17NO3/c1-12-3-5-13(6-4-12)11-18(2)16(19)14-7-9-15(10-8-14)17(20)21/h3-10H,11H2,1-2H3,(H,20,21). The summed E-state index contributed by atoms with van der Waals surface area (Å²) in [5.41, 5.74) is 2.89. The van der Waals surface area contributed by atoms with Gasteiger partial charge in [-0.1, -0.05) is 29.8 Å². The van der Waals surface area contributed by atoms with Crippen molar-refractivity contribution in [2.45, 2.75) is 13.5 Å². The molecule has 4 heteroatoms. The number of aryl methyl sites for hydroxylation is 1. The number of benzene rings is 2. The van der Waals surface area contributed by atoms with Crippen LogP contribution in [0.3, 0.4) is 0 Å². The van der Waals surface area contributed by atoms with E-state index in [9.17, 15) is 9.59 Å². The van der Waals surface area contributed by atoms with Crippen molar-refractivity contribution in [2.24, 2.45) is 0 Å². The molecule has 1 amide bonds. The molecule has 0 aromatic heterocycles. The topological polar surface area (TPSA) is 57.6 Å². The fourth-order valence-corrected chi connectivity index (χ4v) is 2.01. The minimum Gasteiger partial charge on any atom is -0.478 e. The summed E-state index contributed by atoms with van der Waals surface area (Å²) >= 11 is 0. The monoisotopic (exact) mass is 283 g/mol. The maximum Gasteiger partial charge on any atom is 0.335 e. The fourth-order valence-electron chi connectivity index (χ4n) is 2.01. The molecule has 108 valence electrons. The lowest BCUT2D eigenvalue weighted by Crippen LogP contribution is -2.26. The zero-order valence-corrected chi connectivity index (χ0v) is 12.0. The third-order valence-electron chi connectivity index (χ3n) is 3.27. The van der Waals surface area contributed by atoms with Crippen molar-refractivity contribution < 1.29 is 14.7 Å². The van der Waals surface area contributed by atoms with E-state index in [2.05, 4.69) is 0 Å². The highest BCUT2D eigenvalue weighted by atomic mass is 16.4. The van der Waals surface area contributed by atoms with Crippen LogP contribution < -0.4 is 0 Å². The van der Waals surface area contributed by atoms with E-state index in [0.29, 0.717) is 12.1 Å². The molecule has 21 heavy (non-hydrogen) atoms. The normalized spacial score (nSPS) is 10.2. The average molecular weight is 283 g/mol. The highest BCUT2D eigenvalue weighted by Crippen LogP contribution is 2.11. The first-order chi connectivity index (χ1) is 9.97. The van der Waals surface area contributed by atoms with Gasteiger partial charge in [0.25, 0.3) is 5.91 Å². The Balaban J connectivity index is 2.08. The molecule has 0 atom stereocenters. The van der Waals surface area contributed by atoms with Crippen molar-refractivity contribution in [3.63, 3.8) is 0 Å². The molecular formula is C17H17NO3. The van der Waals surface area contributed by atoms with Crippen LogP contribution in [0, 0.1) is 6.92 Å². The van der Waals surface area contributed by atoms with E-state index < -0.39 is 5.97 Å². The minimum atomic E-state index is -0.998. The number of amides is 1. The predicted molar refractivity (Wildman–Crippen MR) is 80.4 cm³/mol. The Labute approximate surface area is 123 Å². The summed E-state index contributed by atoms with van der Waals surface area (Å²) in [5, 5.41) is 8.85. The summed E-state index contributed by atoms with van der Waals surface area (Å²) in [5.74, 6) is -1.13. The van der Waals surface area contributed by atoms with Gasteiger partial charge in [-0.25, -0.2) is 4.79 Å². The molecule has 0 aliphatic heterocycles. The third-order valence-corrected chi connectivity index (χ3v) is 3.27. The fraction of sp³-hybridized carbons (Fsp3) is 0.176. The van der Waals surface area contributed by atoms with E-state index in [0.717, 1.165) is 5.56 Å². The SMILES string of the molecule is Cc1ccc(CN(C)C(=O)c2ccc(C(=O)O)cc2)cc1. The summed E-state index contributed by atoms with van der Waals surface area (Å²) in [6, 6.07) is 14.0. The first-order valence-electron chi connectivity index (χ1n) is 6.62. The molecule has 0 saturated carbocycles. The largest absolute Gasteiger partial charge is 0.478 e. The molecule has 2 aromatic carbocycles. The lowest BCUT2D eigenvalue weighted by molar-refractivity contribution is 0.0695. The number of carboxylic acid groups (broad SMARTS) is 1. The third kappa shape index (κ3) is 3.69. The lowest BCUT2D eigenvalue weighted by Gasteiger charge is -2.17. The maximum absolute atomic E-state index is 12.3. The van der Waals surface area contributed by atoms with Crippen molar-refractivity contribution >= 4 is 11.9 Å². The highest BCUT2D eigenvalue weighted by molar-refractivity contribution is 5.95. The van der Waals surface area contributed by atoms with Crippen LogP contribution in [0.2, 0.25) is 0 Å². The zero-order valence-electron chi connectivity index (χ0n) is 12.0. The quantitative estimate of drug-likeness (QED) is 0.938. The summed E-state index contributed by atoms with van der Waals surface area (Å²) in [6.45, 7) is 2.53. The zero-order chi connectivity index (χ0) is 15.4. The van der Waals surface area contributed by atoms with E-state index in [1.54, 1.807) is 11.9 Å². The van der Waals surface area contributed by atoms with Crippen molar-refractivity contribution in [2.75, 3.05) is 7.05 Å². The smallest absolute Gasteiger partial charge is 0.335 e. The van der Waals surface area contributed by atoms with Gasteiger partial charge < -0.3 is 10.0 Å². The second kappa shape index (κ2) is 6.22. The highest BCUT2D eigenvalue weighted by Gasteiger charge is 2.12. The van der Waals surface area contributed by atoms with Crippen LogP contribution in [0.5, 0.6) is 0 Å². The average Bonchev–Trinajstić information content (AvgIpc) is 2.49. The summed E-state index contributed by atoms with van der Waals surface area (Å²) in [4.78, 5) is 24.7. The number of hydrogen-bond acceptors (Lipinski definition) is 2. The van der Waals surface area contributed by atoms with E-state index >= 15 is 0 Å². The van der Waals surface area contributed by atoms with Crippen molar-refractivity contribution in [1.82, 2.24) is 4.90 Å². The van der Waals surface area contributed by atoms with Gasteiger partial charge in [-0.3, -0.25) is 4.79 Å². The van der Waals surface area contributed by atoms with Crippen LogP contribution in [0.15, 0.2) is 48.5 Å². The van der Waals surface area contributed by atoms with Crippen LogP contribution >= 0.6 is 0 Å². The lowest BCUT2D eigenvalue weighted by atomic mass is 10.1. The molecule has 0 unspecified atom stereocenters. The summed E-state index contributed by atoms with van der Waals surface area (Å²) < 4.78 is 0. The van der Waals surface area contributed by atoms with Gasteiger partial charge in [-0.2, -0.15) is 0 Å². The van der Waals surface area contributed by atoms with Gasteiger partial charge in [0.1, 0.15) is 0 Å². The van der Waals surface area contributed by atoms with Gasteiger partial charge in [0.15, 0.2) is 0 Å². The van der Waals surface area contributed by atoms with Gasteiger partial charge in [0.2, 0.25) is 0 Å². The van der Waals surface area contributed by atoms with E-state index in [1.807, 2.05) is 31.2 Å². The number of rotatable bonds is 4. The Morgan fingerprint density at radius 3 is 2.00 bits per heavy atom. The maximum atomic E-state index is 12.3. The van der Waals surface area contributed by atoms with E-state index in [-0.39, 0.29) is 11.5 Å². The number of aromatic carboxylic acids is 1. The number of carbonyl (C=O) groups is 2. The van der Waals surface area contributed by atoms with Gasteiger partial charge >= 0.3 is 5.97 Å². The molecule has 0 aliphatic carbocycles. The number of carboxylic acids is 1. The summed E-state index contributed by atoms with van der Waals surface area (Å²) in [7, 11) is 1.73. The van der Waals surface area contributed by atoms with Crippen molar-refractivity contribution in [3.8, 4) is 0 Å². The molecule has 0 saturated heterocycles. The Morgan fingerprint density at radius 2 is 1.48 bits per heavy atom. The van der Waals surface area contributed by atoms with E-state index in [4.69, 9.17) is 5.11 Å². The number of nitrogens with zero attached hydrogens (tertiary/aromatic N) is 1. The molecule has 1 N–H and O–H groups in total. The number of carbonyl (C=O) groups excluding carboxylic acids is 1. The van der Waals surface area contributed by atoms with Crippen LogP contribution in [0.25, 0.3) is 0 Å². The Morgan fingerprint density at radius 1 is 0.952 bits per heavy atom. The van der Waals surface area contributed by atoms with Crippen LogP contribution in [-0.4, -0.2) is 28.9 Å². The van der Waals surface area contributed by atoms with Crippen molar-refractivity contribution in [3.05, 3.63) is 70.8 Å². The Bertz CT molecular complexity index is 645. The molecule has 0 bridgehead atoms. The summed E-state index contributed by atoms with van der Waals surface area (Å²) in [6.07, 6.45) is 0. The van der Waals surface area contributed by atoms with Crippen LogP contribution in [-0.2, 0) is 6.54 Å². The molecule has 2 aromatic rings. The second-order valence-electron chi connectivity index (χ2n) is 5.03. The first kappa shape index (κ1) is 14.8. The predicted octanol–water partition coefficient (Wildman–Crippen LogP) is 2.97. The molecule has 4 nitrogen and oxygen atoms in total. The molecule has 0 aliphatic rings. The molecular weight excluding hydrogens is 266 g/mol. The number of hydrogen-bond donors (Lipinski definition) is 1. The van der Waals surface area contributed by atoms with Gasteiger partial charge in [0.05, 0.1) is 5.56 Å². The second-order valence-corrected chi connectivity index (χ2v) is 5.03. The van der Waals surface area contributed by atoms with Gasteiger partial charge in [-0.15, -0.1) is 0 Å². The van der Waals surface area contributed by atoms with Crippen molar-refractivity contribution in [1.29, 1.82) is 0 Å². The minimum absolute atomic E-state index is 0.132. The molecule has 2 rings (SSSR count).